The van der Waals surface area contributed by atoms with Crippen molar-refractivity contribution in [3.8, 4) is 5.75 Å². The Morgan fingerprint density at radius 1 is 1.36 bits per heavy atom. The minimum atomic E-state index is 0. The highest BCUT2D eigenvalue weighted by molar-refractivity contribution is 5.47. The topological polar surface area (TPSA) is 24.5 Å². The standard InChI is InChI=1S/C19H30N2O.H2/c1-7-20-16-17(21(4)5)18(2)11-13-8-9-14(22-6)10-15(13)19(16,3)12-18;/h8-10,16-17,20H,7,11-12H2,1-6H3;1H/t16-,17-,18-,19?;/m0./s1. The number of hydrogen-bond donors (Lipinski definition) is 1. The molecule has 0 heterocycles. The van der Waals surface area contributed by atoms with E-state index < -0.39 is 0 Å². The van der Waals surface area contributed by atoms with Crippen LogP contribution in [0, 0.1) is 5.41 Å². The van der Waals surface area contributed by atoms with Crippen molar-refractivity contribution < 1.29 is 6.16 Å². The number of methoxy groups -OCH3 is 1. The van der Waals surface area contributed by atoms with Crippen LogP contribution in [0.3, 0.4) is 0 Å². The summed E-state index contributed by atoms with van der Waals surface area (Å²) in [6.07, 6.45) is 2.40. The smallest absolute Gasteiger partial charge is 0.119 e. The molecule has 1 unspecified atom stereocenters. The lowest BCUT2D eigenvalue weighted by Gasteiger charge is -2.39. The lowest BCUT2D eigenvalue weighted by molar-refractivity contribution is 0.131. The van der Waals surface area contributed by atoms with Gasteiger partial charge in [-0.3, -0.25) is 0 Å². The number of benzene rings is 1. The van der Waals surface area contributed by atoms with E-state index in [0.29, 0.717) is 17.5 Å². The summed E-state index contributed by atoms with van der Waals surface area (Å²) in [7, 11) is 6.22. The van der Waals surface area contributed by atoms with Gasteiger partial charge < -0.3 is 15.0 Å². The molecule has 1 N–H and O–H groups in total. The van der Waals surface area contributed by atoms with Gasteiger partial charge in [0.1, 0.15) is 5.75 Å². The summed E-state index contributed by atoms with van der Waals surface area (Å²) in [6, 6.07) is 7.70. The largest absolute Gasteiger partial charge is 0.497 e. The quantitative estimate of drug-likeness (QED) is 0.925. The maximum atomic E-state index is 5.50. The maximum Gasteiger partial charge on any atom is 0.119 e. The number of hydrogen-bond acceptors (Lipinski definition) is 3. The predicted octanol–water partition coefficient (Wildman–Crippen LogP) is 3.07. The zero-order valence-corrected chi connectivity index (χ0v) is 14.9. The SMILES string of the molecule is CCN[C@H]1[C@H](N(C)C)[C@@]2(C)Cc3ccc(OC)cc3C1(C)C2.[HH]. The van der Waals surface area contributed by atoms with E-state index in [4.69, 9.17) is 4.74 Å². The first-order valence-corrected chi connectivity index (χ1v) is 8.43. The highest BCUT2D eigenvalue weighted by Gasteiger charge is 2.60. The summed E-state index contributed by atoms with van der Waals surface area (Å²) in [5, 5.41) is 3.81. The molecule has 0 aliphatic heterocycles. The summed E-state index contributed by atoms with van der Waals surface area (Å²) in [6.45, 7) is 8.15. The van der Waals surface area contributed by atoms with E-state index in [9.17, 15) is 0 Å². The van der Waals surface area contributed by atoms with Gasteiger partial charge in [0, 0.05) is 18.9 Å². The van der Waals surface area contributed by atoms with Crippen LogP contribution < -0.4 is 10.1 Å². The van der Waals surface area contributed by atoms with Crippen molar-refractivity contribution in [1.29, 1.82) is 0 Å². The Bertz CT molecular complexity index is 576. The molecule has 1 fully saturated rings. The van der Waals surface area contributed by atoms with Gasteiger partial charge in [-0.1, -0.05) is 26.8 Å². The van der Waals surface area contributed by atoms with E-state index in [-0.39, 0.29) is 6.84 Å². The summed E-state index contributed by atoms with van der Waals surface area (Å²) < 4.78 is 5.50. The number of likely N-dealkylation sites (N-methyl/N-ethyl adjacent to an activating group) is 2. The van der Waals surface area contributed by atoms with Gasteiger partial charge in [0.2, 0.25) is 0 Å². The van der Waals surface area contributed by atoms with Crippen molar-refractivity contribution in [2.75, 3.05) is 27.7 Å². The van der Waals surface area contributed by atoms with Crippen molar-refractivity contribution in [1.82, 2.24) is 10.2 Å². The van der Waals surface area contributed by atoms with Crippen LogP contribution in [-0.2, 0) is 11.8 Å². The fourth-order valence-electron chi connectivity index (χ4n) is 5.52. The molecule has 1 aromatic rings. The Hall–Kier alpha value is -1.06. The van der Waals surface area contributed by atoms with E-state index in [1.54, 1.807) is 7.11 Å². The van der Waals surface area contributed by atoms with Crippen LogP contribution in [0.5, 0.6) is 5.75 Å². The zero-order chi connectivity index (χ0) is 16.1. The third-order valence-electron chi connectivity index (χ3n) is 5.99. The molecule has 3 heteroatoms. The third kappa shape index (κ3) is 2.10. The lowest BCUT2D eigenvalue weighted by Crippen LogP contribution is -2.54. The predicted molar refractivity (Wildman–Crippen MR) is 93.8 cm³/mol. The second kappa shape index (κ2) is 5.24. The number of fused-ring (bicyclic) bond motifs is 4. The molecule has 0 spiro atoms. The van der Waals surface area contributed by atoms with E-state index >= 15 is 0 Å². The van der Waals surface area contributed by atoms with Gasteiger partial charge in [-0.25, -0.2) is 0 Å². The molecular weight excluding hydrogens is 272 g/mol. The minimum absolute atomic E-state index is 0. The van der Waals surface area contributed by atoms with Crippen LogP contribution in [0.4, 0.5) is 0 Å². The van der Waals surface area contributed by atoms with E-state index in [1.165, 1.54) is 17.5 Å². The molecule has 2 aliphatic rings. The fraction of sp³-hybridized carbons (Fsp3) is 0.684. The molecule has 1 aromatic carbocycles. The first-order valence-electron chi connectivity index (χ1n) is 8.43. The second-order valence-corrected chi connectivity index (χ2v) is 7.89. The number of nitrogens with zero attached hydrogens (tertiary/aromatic N) is 1. The maximum absolute atomic E-state index is 5.50. The van der Waals surface area contributed by atoms with Gasteiger partial charge in [-0.2, -0.15) is 0 Å². The van der Waals surface area contributed by atoms with Gasteiger partial charge >= 0.3 is 0 Å². The van der Waals surface area contributed by atoms with E-state index in [1.807, 2.05) is 0 Å². The summed E-state index contributed by atoms with van der Waals surface area (Å²) in [5.41, 5.74) is 3.48. The Balaban J connectivity index is 0.00000192. The molecule has 124 valence electrons. The normalized spacial score (nSPS) is 36.5. The van der Waals surface area contributed by atoms with Crippen molar-refractivity contribution in [2.24, 2.45) is 5.41 Å². The first kappa shape index (κ1) is 15.8. The monoisotopic (exact) mass is 304 g/mol. The molecule has 0 radical (unpaired) electrons. The molecule has 2 bridgehead atoms. The lowest BCUT2D eigenvalue weighted by atomic mass is 9.66. The van der Waals surface area contributed by atoms with Crippen molar-refractivity contribution in [3.63, 3.8) is 0 Å². The molecule has 3 nitrogen and oxygen atoms in total. The van der Waals surface area contributed by atoms with Crippen LogP contribution in [-0.4, -0.2) is 44.7 Å². The van der Waals surface area contributed by atoms with E-state index in [0.717, 1.165) is 18.7 Å². The molecule has 0 aromatic heterocycles. The average molecular weight is 304 g/mol. The molecule has 4 atom stereocenters. The second-order valence-electron chi connectivity index (χ2n) is 7.89. The average Bonchev–Trinajstić information content (AvgIpc) is 2.64. The van der Waals surface area contributed by atoms with Crippen LogP contribution in [0.25, 0.3) is 0 Å². The van der Waals surface area contributed by atoms with Crippen molar-refractivity contribution in [3.05, 3.63) is 29.3 Å². The van der Waals surface area contributed by atoms with Crippen molar-refractivity contribution in [2.45, 2.75) is 51.1 Å². The van der Waals surface area contributed by atoms with Gasteiger partial charge in [-0.05, 0) is 62.2 Å². The van der Waals surface area contributed by atoms with Gasteiger partial charge in [0.25, 0.3) is 0 Å². The number of rotatable bonds is 4. The summed E-state index contributed by atoms with van der Waals surface area (Å²) >= 11 is 0. The number of nitrogens with one attached hydrogen (secondary N) is 1. The Morgan fingerprint density at radius 2 is 2.09 bits per heavy atom. The summed E-state index contributed by atoms with van der Waals surface area (Å²) in [4.78, 5) is 2.43. The molecule has 0 saturated heterocycles. The van der Waals surface area contributed by atoms with Crippen molar-refractivity contribution >= 4 is 0 Å². The fourth-order valence-corrected chi connectivity index (χ4v) is 5.52. The number of ether oxygens (including phenoxy) is 1. The third-order valence-corrected chi connectivity index (χ3v) is 5.99. The molecule has 3 rings (SSSR count). The van der Waals surface area contributed by atoms with Crippen LogP contribution in [0.15, 0.2) is 18.2 Å². The molecular formula is C19H32N2O. The van der Waals surface area contributed by atoms with Crippen LogP contribution >= 0.6 is 0 Å². The first-order chi connectivity index (χ1) is 10.4. The molecule has 2 aliphatic carbocycles. The zero-order valence-electron chi connectivity index (χ0n) is 14.9. The highest BCUT2D eigenvalue weighted by Crippen LogP contribution is 2.58. The van der Waals surface area contributed by atoms with Gasteiger partial charge in [0.05, 0.1) is 7.11 Å². The van der Waals surface area contributed by atoms with Gasteiger partial charge in [0.15, 0.2) is 0 Å². The summed E-state index contributed by atoms with van der Waals surface area (Å²) in [5.74, 6) is 0.979. The van der Waals surface area contributed by atoms with Gasteiger partial charge in [-0.15, -0.1) is 0 Å². The van der Waals surface area contributed by atoms with E-state index in [2.05, 4.69) is 63.3 Å². The van der Waals surface area contributed by atoms with Crippen LogP contribution in [0.2, 0.25) is 0 Å². The Morgan fingerprint density at radius 3 is 2.68 bits per heavy atom. The Kier molecular flexibility index (Phi) is 3.77. The molecule has 1 saturated carbocycles. The highest BCUT2D eigenvalue weighted by atomic mass is 16.5. The Labute approximate surface area is 136 Å². The van der Waals surface area contributed by atoms with Crippen LogP contribution in [0.1, 0.15) is 39.7 Å². The molecule has 22 heavy (non-hydrogen) atoms. The molecule has 0 amide bonds. The minimum Gasteiger partial charge on any atom is -0.497 e.